The molecular weight excluding hydrogens is 1230 g/mol. The van der Waals surface area contributed by atoms with Crippen molar-refractivity contribution in [3.63, 3.8) is 0 Å². The summed E-state index contributed by atoms with van der Waals surface area (Å²) in [5.74, 6) is -0.598. The average molecular weight is 1340 g/mol. The van der Waals surface area contributed by atoms with Gasteiger partial charge in [-0.15, -0.1) is 0 Å². The Morgan fingerprint density at radius 1 is 0.505 bits per heavy atom. The van der Waals surface area contributed by atoms with E-state index < -0.39 is 215 Å². The lowest BCUT2D eigenvalue weighted by atomic mass is 9.33. The number of carbonyl (C=O) groups is 1. The summed E-state index contributed by atoms with van der Waals surface area (Å²) in [7, 11) is 0. The number of aliphatic hydroxyl groups is 16. The van der Waals surface area contributed by atoms with Gasteiger partial charge in [-0.2, -0.15) is 0 Å². The second-order valence-electron chi connectivity index (χ2n) is 31.0. The van der Waals surface area contributed by atoms with Gasteiger partial charge in [-0.3, -0.25) is 4.79 Å². The number of ether oxygens (including phenoxy) is 12. The van der Waals surface area contributed by atoms with Crippen molar-refractivity contribution in [3.05, 3.63) is 11.6 Å². The van der Waals surface area contributed by atoms with Crippen LogP contribution in [0.4, 0.5) is 0 Å². The SMILES string of the molecule is C[C@@H]1O[C@@H](O[C@H]2[C@H](O)[C@@H](O)[C@H](OC[C@H]3O[C@@H](OC(=O)[C@]45CCC(C)(C)C[C@H]4C4=CC[C@@H]6[C@@]7(C)CC[C@H](O[C@@H]8OC[C@@H](O)[C@H](O)[C@H]8O[C@@H]8O[C@@H](C)[C@H](O)[C@@H](O[C@@H]9OC[C@@H](O)[C@@H](O)[C@H]9O)[C@H]8O)C(C)(C)[C@@H]7CC[C@@]6(C)[C@]4(C)CC5)[C@H](O)[C@@H](O)[C@@H]3O)O[C@@H]2CO)[C@H](O)[C@H](O)[C@H]1O. The third-order valence-corrected chi connectivity index (χ3v) is 24.8. The molecule has 10 fully saturated rings. The molecule has 6 aliphatic heterocycles. The fourth-order valence-electron chi connectivity index (χ4n) is 18.7. The van der Waals surface area contributed by atoms with Gasteiger partial charge in [-0.25, -0.2) is 0 Å². The van der Waals surface area contributed by atoms with Gasteiger partial charge in [0.15, 0.2) is 31.5 Å². The molecule has 0 radical (unpaired) electrons. The first-order valence-electron chi connectivity index (χ1n) is 33.4. The Morgan fingerprint density at radius 3 is 1.76 bits per heavy atom. The van der Waals surface area contributed by atoms with E-state index in [0.717, 1.165) is 25.7 Å². The van der Waals surface area contributed by atoms with Crippen LogP contribution < -0.4 is 0 Å². The summed E-state index contributed by atoms with van der Waals surface area (Å²) < 4.78 is 71.5. The highest BCUT2D eigenvalue weighted by atomic mass is 16.8. The molecule has 0 bridgehead atoms. The lowest BCUT2D eigenvalue weighted by Gasteiger charge is -2.71. The predicted octanol–water partition coefficient (Wildman–Crippen LogP) is -3.05. The second-order valence-corrected chi connectivity index (χ2v) is 31.0. The van der Waals surface area contributed by atoms with E-state index in [0.29, 0.717) is 38.5 Å². The maximum Gasteiger partial charge on any atom is 0.315 e. The smallest absolute Gasteiger partial charge is 0.315 e. The Labute approximate surface area is 540 Å². The van der Waals surface area contributed by atoms with Crippen LogP contribution in [-0.4, -0.2) is 292 Å². The minimum Gasteiger partial charge on any atom is -0.432 e. The third kappa shape index (κ3) is 12.6. The summed E-state index contributed by atoms with van der Waals surface area (Å²) in [6.07, 6.45) is -35.6. The van der Waals surface area contributed by atoms with E-state index in [1.54, 1.807) is 0 Å². The van der Waals surface area contributed by atoms with Gasteiger partial charge in [0.25, 0.3) is 0 Å². The van der Waals surface area contributed by atoms with Crippen LogP contribution in [0, 0.1) is 50.2 Å². The largest absolute Gasteiger partial charge is 0.432 e. The Bertz CT molecular complexity index is 2620. The average Bonchev–Trinajstić information content (AvgIpc) is 0.676. The van der Waals surface area contributed by atoms with Gasteiger partial charge in [0.1, 0.15) is 122 Å². The van der Waals surface area contributed by atoms with Crippen LogP contribution in [0.25, 0.3) is 0 Å². The van der Waals surface area contributed by atoms with Crippen LogP contribution in [0.2, 0.25) is 0 Å². The van der Waals surface area contributed by atoms with E-state index in [1.807, 2.05) is 0 Å². The molecule has 534 valence electrons. The maximum absolute atomic E-state index is 15.3. The highest BCUT2D eigenvalue weighted by molar-refractivity contribution is 5.79. The quantitative estimate of drug-likeness (QED) is 0.0467. The fourth-order valence-corrected chi connectivity index (χ4v) is 18.7. The summed E-state index contributed by atoms with van der Waals surface area (Å²) >= 11 is 0. The van der Waals surface area contributed by atoms with Gasteiger partial charge in [-0.1, -0.05) is 60.1 Å². The standard InChI is InChI=1S/C64H104O29/c1-25-36(68)41(73)45(77)54(85-25)90-49-31(21-65)87-52(47(79)43(49)75)84-24-32-40(72)42(74)46(78)55(88-32)93-58(81)64-18-16-59(3,4)20-28(64)27-10-11-34-61(7)14-13-35(60(5,6)33(61)12-15-63(34,9)62(27,8)17-19-64)89-57-51(39(71)30(67)23-83-57)92-56-48(80)50(37(69)26(2)86-56)91-53-44(76)38(70)29(66)22-82-53/h10,25-26,28-57,65-80H,11-24H2,1-9H3/t25-,26-,28-,29+,30+,31+,32+,33-,34+,35-,36-,37-,38+,39-,40+,41+,42-,43+,44+,45+,46+,47+,48+,49+,50+,51+,52+,53-,54-,55-,56-,57-,61-,62+,63+,64-/m0/s1. The lowest BCUT2D eigenvalue weighted by Crippen LogP contribution is -2.66. The highest BCUT2D eigenvalue weighted by Gasteiger charge is 2.70. The van der Waals surface area contributed by atoms with Crippen LogP contribution in [-0.2, 0) is 61.6 Å². The van der Waals surface area contributed by atoms with Crippen molar-refractivity contribution in [1.29, 1.82) is 0 Å². The summed E-state index contributed by atoms with van der Waals surface area (Å²) in [5, 5.41) is 174. The van der Waals surface area contributed by atoms with E-state index in [4.69, 9.17) is 56.8 Å². The van der Waals surface area contributed by atoms with Crippen LogP contribution in [0.1, 0.15) is 127 Å². The van der Waals surface area contributed by atoms with Gasteiger partial charge in [0.2, 0.25) is 6.29 Å². The summed E-state index contributed by atoms with van der Waals surface area (Å²) in [6, 6.07) is 0. The van der Waals surface area contributed by atoms with E-state index >= 15 is 4.79 Å². The number of fused-ring (bicyclic) bond motifs is 7. The van der Waals surface area contributed by atoms with Crippen molar-refractivity contribution in [2.45, 2.75) is 305 Å². The van der Waals surface area contributed by atoms with E-state index in [1.165, 1.54) is 19.4 Å². The molecule has 93 heavy (non-hydrogen) atoms. The van der Waals surface area contributed by atoms with Crippen LogP contribution in [0.5, 0.6) is 0 Å². The normalized spacial score (nSPS) is 54.7. The molecule has 11 rings (SSSR count). The van der Waals surface area contributed by atoms with Crippen molar-refractivity contribution < 1.29 is 143 Å². The number of rotatable bonds is 14. The molecule has 6 heterocycles. The monoisotopic (exact) mass is 1340 g/mol. The van der Waals surface area contributed by atoms with Crippen molar-refractivity contribution in [3.8, 4) is 0 Å². The first kappa shape index (κ1) is 72.4. The van der Waals surface area contributed by atoms with Gasteiger partial charge in [0, 0.05) is 0 Å². The number of hydrogen-bond donors (Lipinski definition) is 16. The van der Waals surface area contributed by atoms with E-state index in [2.05, 4.69) is 54.5 Å². The number of carbonyl (C=O) groups excluding carboxylic acids is 1. The predicted molar refractivity (Wildman–Crippen MR) is 313 cm³/mol. The van der Waals surface area contributed by atoms with Gasteiger partial charge in [-0.05, 0) is 123 Å². The minimum atomic E-state index is -1.90. The second kappa shape index (κ2) is 26.9. The molecule has 0 amide bonds. The zero-order valence-electron chi connectivity index (χ0n) is 54.4. The zero-order valence-corrected chi connectivity index (χ0v) is 54.4. The molecule has 29 nitrogen and oxygen atoms in total. The van der Waals surface area contributed by atoms with Crippen LogP contribution >= 0.6 is 0 Å². The Morgan fingerprint density at radius 2 is 1.08 bits per heavy atom. The molecule has 0 aromatic carbocycles. The molecule has 0 unspecified atom stereocenters. The van der Waals surface area contributed by atoms with Crippen molar-refractivity contribution in [2.24, 2.45) is 50.2 Å². The topological polar surface area (TPSA) is 452 Å². The van der Waals surface area contributed by atoms with Crippen LogP contribution in [0.15, 0.2) is 11.6 Å². The number of esters is 1. The van der Waals surface area contributed by atoms with Crippen molar-refractivity contribution in [2.75, 3.05) is 26.4 Å². The molecule has 0 aromatic rings. The van der Waals surface area contributed by atoms with Crippen molar-refractivity contribution >= 4 is 5.97 Å². The van der Waals surface area contributed by atoms with E-state index in [-0.39, 0.29) is 46.0 Å². The third-order valence-electron chi connectivity index (χ3n) is 24.8. The molecule has 11 aliphatic rings. The molecular formula is C64H104O29. The van der Waals surface area contributed by atoms with Crippen LogP contribution in [0.3, 0.4) is 0 Å². The first-order chi connectivity index (χ1) is 43.5. The maximum atomic E-state index is 15.3. The molecule has 5 aliphatic carbocycles. The van der Waals surface area contributed by atoms with Gasteiger partial charge < -0.3 is 139 Å². The van der Waals surface area contributed by atoms with Gasteiger partial charge in [0.05, 0.1) is 50.2 Å². The fraction of sp³-hybridized carbons (Fsp3) is 0.953. The molecule has 16 N–H and O–H groups in total. The lowest BCUT2D eigenvalue weighted by molar-refractivity contribution is -0.378. The summed E-state index contributed by atoms with van der Waals surface area (Å²) in [5.41, 5.74) is -1.40. The molecule has 0 aromatic heterocycles. The minimum absolute atomic E-state index is 0.113. The number of allylic oxidation sites excluding steroid dienone is 2. The van der Waals surface area contributed by atoms with Crippen molar-refractivity contribution in [1.82, 2.24) is 0 Å². The summed E-state index contributed by atoms with van der Waals surface area (Å²) in [6.45, 7) is 16.7. The molecule has 0 spiro atoms. The number of aliphatic hydroxyl groups excluding tert-OH is 16. The molecule has 6 saturated heterocycles. The van der Waals surface area contributed by atoms with E-state index in [9.17, 15) is 81.7 Å². The Kier molecular flexibility index (Phi) is 20.9. The number of hydrogen-bond acceptors (Lipinski definition) is 29. The Balaban J connectivity index is 0.762. The highest BCUT2D eigenvalue weighted by Crippen LogP contribution is 2.76. The molecule has 29 heteroatoms. The molecule has 4 saturated carbocycles. The zero-order chi connectivity index (χ0) is 67.7. The first-order valence-corrected chi connectivity index (χ1v) is 33.4. The molecule has 36 atom stereocenters. The Hall–Kier alpha value is -1.87. The van der Waals surface area contributed by atoms with Gasteiger partial charge >= 0.3 is 5.97 Å². The summed E-state index contributed by atoms with van der Waals surface area (Å²) in [4.78, 5) is 15.3.